The van der Waals surface area contributed by atoms with Gasteiger partial charge in [-0.1, -0.05) is 33.6 Å². The summed E-state index contributed by atoms with van der Waals surface area (Å²) < 4.78 is 0. The highest BCUT2D eigenvalue weighted by molar-refractivity contribution is 5.82. The number of hydrogen-bond donors (Lipinski definition) is 2. The zero-order valence-electron chi connectivity index (χ0n) is 11.3. The van der Waals surface area contributed by atoms with E-state index in [-0.39, 0.29) is 5.91 Å². The Morgan fingerprint density at radius 1 is 1.38 bits per heavy atom. The summed E-state index contributed by atoms with van der Waals surface area (Å²) >= 11 is 0. The SMILES string of the molecule is CCC(C)(CN)C(=O)NCCCCC(C)C. The van der Waals surface area contributed by atoms with Crippen molar-refractivity contribution >= 4 is 5.91 Å². The lowest BCUT2D eigenvalue weighted by atomic mass is 9.86. The lowest BCUT2D eigenvalue weighted by Crippen LogP contribution is -2.43. The van der Waals surface area contributed by atoms with Gasteiger partial charge in [0, 0.05) is 13.1 Å². The van der Waals surface area contributed by atoms with E-state index in [1.165, 1.54) is 12.8 Å². The molecule has 1 unspecified atom stereocenters. The molecule has 0 fully saturated rings. The second-order valence-electron chi connectivity index (χ2n) is 5.26. The van der Waals surface area contributed by atoms with Crippen molar-refractivity contribution in [2.45, 2.75) is 53.4 Å². The molecule has 3 N–H and O–H groups in total. The molecule has 0 aliphatic carbocycles. The van der Waals surface area contributed by atoms with E-state index < -0.39 is 5.41 Å². The maximum Gasteiger partial charge on any atom is 0.227 e. The fourth-order valence-electron chi connectivity index (χ4n) is 1.49. The summed E-state index contributed by atoms with van der Waals surface area (Å²) in [5.41, 5.74) is 5.24. The second-order valence-corrected chi connectivity index (χ2v) is 5.26. The smallest absolute Gasteiger partial charge is 0.227 e. The molecule has 0 spiro atoms. The highest BCUT2D eigenvalue weighted by Gasteiger charge is 2.28. The molecule has 0 rings (SSSR count). The molecule has 0 aliphatic rings. The molecule has 3 heteroatoms. The molecule has 0 aromatic heterocycles. The minimum atomic E-state index is -0.391. The van der Waals surface area contributed by atoms with Crippen molar-refractivity contribution in [3.05, 3.63) is 0 Å². The fourth-order valence-corrected chi connectivity index (χ4v) is 1.49. The summed E-state index contributed by atoms with van der Waals surface area (Å²) in [6.45, 7) is 9.58. The zero-order chi connectivity index (χ0) is 12.6. The number of unbranched alkanes of at least 4 members (excludes halogenated alkanes) is 1. The van der Waals surface area contributed by atoms with Gasteiger partial charge in [-0.25, -0.2) is 0 Å². The van der Waals surface area contributed by atoms with E-state index in [2.05, 4.69) is 19.2 Å². The molecule has 0 saturated carbocycles. The summed E-state index contributed by atoms with van der Waals surface area (Å²) in [4.78, 5) is 11.8. The van der Waals surface area contributed by atoms with Crippen LogP contribution in [-0.2, 0) is 4.79 Å². The Morgan fingerprint density at radius 3 is 2.44 bits per heavy atom. The first-order valence-corrected chi connectivity index (χ1v) is 6.44. The third-order valence-corrected chi connectivity index (χ3v) is 3.27. The topological polar surface area (TPSA) is 55.1 Å². The lowest BCUT2D eigenvalue weighted by Gasteiger charge is -2.24. The van der Waals surface area contributed by atoms with E-state index in [0.717, 1.165) is 25.3 Å². The molecule has 96 valence electrons. The molecule has 0 aromatic carbocycles. The maximum atomic E-state index is 11.8. The summed E-state index contributed by atoms with van der Waals surface area (Å²) in [6, 6.07) is 0. The monoisotopic (exact) mass is 228 g/mol. The minimum absolute atomic E-state index is 0.0991. The van der Waals surface area contributed by atoms with Crippen molar-refractivity contribution in [1.82, 2.24) is 5.32 Å². The van der Waals surface area contributed by atoms with Crippen molar-refractivity contribution < 1.29 is 4.79 Å². The van der Waals surface area contributed by atoms with E-state index in [0.29, 0.717) is 6.54 Å². The van der Waals surface area contributed by atoms with E-state index in [4.69, 9.17) is 5.73 Å². The summed E-state index contributed by atoms with van der Waals surface area (Å²) in [6.07, 6.45) is 4.27. The van der Waals surface area contributed by atoms with Crippen LogP contribution in [0.5, 0.6) is 0 Å². The van der Waals surface area contributed by atoms with Crippen LogP contribution in [0.15, 0.2) is 0 Å². The summed E-state index contributed by atoms with van der Waals surface area (Å²) in [7, 11) is 0. The van der Waals surface area contributed by atoms with Crippen molar-refractivity contribution in [2.24, 2.45) is 17.1 Å². The van der Waals surface area contributed by atoms with Crippen LogP contribution >= 0.6 is 0 Å². The lowest BCUT2D eigenvalue weighted by molar-refractivity contribution is -0.129. The molecule has 16 heavy (non-hydrogen) atoms. The van der Waals surface area contributed by atoms with Gasteiger partial charge < -0.3 is 11.1 Å². The number of carbonyl (C=O) groups is 1. The van der Waals surface area contributed by atoms with E-state index >= 15 is 0 Å². The number of nitrogens with one attached hydrogen (secondary N) is 1. The zero-order valence-corrected chi connectivity index (χ0v) is 11.3. The quantitative estimate of drug-likeness (QED) is 0.626. The fraction of sp³-hybridized carbons (Fsp3) is 0.923. The third-order valence-electron chi connectivity index (χ3n) is 3.27. The summed E-state index contributed by atoms with van der Waals surface area (Å²) in [5, 5.41) is 2.98. The van der Waals surface area contributed by atoms with Crippen molar-refractivity contribution in [2.75, 3.05) is 13.1 Å². The van der Waals surface area contributed by atoms with E-state index in [1.54, 1.807) is 0 Å². The van der Waals surface area contributed by atoms with Crippen LogP contribution in [-0.4, -0.2) is 19.0 Å². The normalized spacial score (nSPS) is 14.9. The largest absolute Gasteiger partial charge is 0.356 e. The molecule has 0 aromatic rings. The van der Waals surface area contributed by atoms with Crippen LogP contribution < -0.4 is 11.1 Å². The first-order valence-electron chi connectivity index (χ1n) is 6.44. The van der Waals surface area contributed by atoms with Gasteiger partial charge in [-0.15, -0.1) is 0 Å². The molecular formula is C13H28N2O. The Kier molecular flexibility index (Phi) is 7.39. The van der Waals surface area contributed by atoms with E-state index in [1.807, 2.05) is 13.8 Å². The molecule has 0 aliphatic heterocycles. The van der Waals surface area contributed by atoms with Crippen LogP contribution in [0.1, 0.15) is 53.4 Å². The maximum absolute atomic E-state index is 11.8. The molecule has 3 nitrogen and oxygen atoms in total. The van der Waals surface area contributed by atoms with Crippen molar-refractivity contribution in [3.63, 3.8) is 0 Å². The highest BCUT2D eigenvalue weighted by Crippen LogP contribution is 2.18. The van der Waals surface area contributed by atoms with E-state index in [9.17, 15) is 4.79 Å². The third kappa shape index (κ3) is 5.50. The van der Waals surface area contributed by atoms with Gasteiger partial charge in [0.15, 0.2) is 0 Å². The Balaban J connectivity index is 3.73. The van der Waals surface area contributed by atoms with Crippen LogP contribution in [0, 0.1) is 11.3 Å². The second kappa shape index (κ2) is 7.66. The summed E-state index contributed by atoms with van der Waals surface area (Å²) in [5.74, 6) is 0.850. The number of carbonyl (C=O) groups excluding carboxylic acids is 1. The average Bonchev–Trinajstić information content (AvgIpc) is 2.26. The van der Waals surface area contributed by atoms with Gasteiger partial charge in [0.25, 0.3) is 0 Å². The molecule has 0 radical (unpaired) electrons. The molecular weight excluding hydrogens is 200 g/mol. The van der Waals surface area contributed by atoms with Crippen LogP contribution in [0.25, 0.3) is 0 Å². The van der Waals surface area contributed by atoms with Gasteiger partial charge in [-0.05, 0) is 25.7 Å². The Bertz CT molecular complexity index is 198. The van der Waals surface area contributed by atoms with Crippen LogP contribution in [0.3, 0.4) is 0 Å². The number of nitrogens with two attached hydrogens (primary N) is 1. The van der Waals surface area contributed by atoms with Gasteiger partial charge in [0.1, 0.15) is 0 Å². The number of rotatable bonds is 8. The average molecular weight is 228 g/mol. The van der Waals surface area contributed by atoms with Gasteiger partial charge in [-0.2, -0.15) is 0 Å². The molecule has 0 saturated heterocycles. The number of hydrogen-bond acceptors (Lipinski definition) is 2. The first kappa shape index (κ1) is 15.4. The molecule has 1 amide bonds. The van der Waals surface area contributed by atoms with Crippen molar-refractivity contribution in [3.8, 4) is 0 Å². The van der Waals surface area contributed by atoms with Gasteiger partial charge in [0.05, 0.1) is 5.41 Å². The first-order chi connectivity index (χ1) is 7.46. The predicted molar refractivity (Wildman–Crippen MR) is 69.2 cm³/mol. The molecule has 0 heterocycles. The Hall–Kier alpha value is -0.570. The molecule has 0 bridgehead atoms. The molecule has 1 atom stereocenters. The predicted octanol–water partition coefficient (Wildman–Crippen LogP) is 2.30. The van der Waals surface area contributed by atoms with Crippen LogP contribution in [0.2, 0.25) is 0 Å². The number of amides is 1. The Labute approximate surface area is 100 Å². The Morgan fingerprint density at radius 2 is 2.00 bits per heavy atom. The van der Waals surface area contributed by atoms with Crippen molar-refractivity contribution in [1.29, 1.82) is 0 Å². The van der Waals surface area contributed by atoms with Crippen LogP contribution in [0.4, 0.5) is 0 Å². The minimum Gasteiger partial charge on any atom is -0.356 e. The van der Waals surface area contributed by atoms with Gasteiger partial charge >= 0.3 is 0 Å². The van der Waals surface area contributed by atoms with Gasteiger partial charge in [-0.3, -0.25) is 4.79 Å². The standard InChI is InChI=1S/C13H28N2O/c1-5-13(4,10-14)12(16)15-9-7-6-8-11(2)3/h11H,5-10,14H2,1-4H3,(H,15,16). The van der Waals surface area contributed by atoms with Gasteiger partial charge in [0.2, 0.25) is 5.91 Å². The highest BCUT2D eigenvalue weighted by atomic mass is 16.2.